The zero-order valence-corrected chi connectivity index (χ0v) is 7.05. The monoisotopic (exact) mass is 154 g/mol. The molecule has 0 heterocycles. The van der Waals surface area contributed by atoms with Gasteiger partial charge in [-0.05, 0) is 12.8 Å². The van der Waals surface area contributed by atoms with Crippen LogP contribution in [0.25, 0.3) is 0 Å². The highest BCUT2D eigenvalue weighted by Crippen LogP contribution is 2.38. The van der Waals surface area contributed by atoms with Crippen molar-refractivity contribution in [3.63, 3.8) is 0 Å². The van der Waals surface area contributed by atoms with E-state index in [1.54, 1.807) is 0 Å². The standard InChI is InChI=1S/C8H14N2O/c1-7(11)10-9-6-8(2)4-3-5-8/h6H,3-5H2,1-2H3,(H,10,11)/b9-6+. The van der Waals surface area contributed by atoms with E-state index in [0.717, 1.165) is 0 Å². The molecule has 1 saturated carbocycles. The topological polar surface area (TPSA) is 41.5 Å². The summed E-state index contributed by atoms with van der Waals surface area (Å²) in [7, 11) is 0. The third kappa shape index (κ3) is 2.33. The van der Waals surface area contributed by atoms with Gasteiger partial charge in [-0.25, -0.2) is 5.43 Å². The summed E-state index contributed by atoms with van der Waals surface area (Å²) < 4.78 is 0. The van der Waals surface area contributed by atoms with E-state index >= 15 is 0 Å². The smallest absolute Gasteiger partial charge is 0.236 e. The van der Waals surface area contributed by atoms with Crippen molar-refractivity contribution >= 4 is 12.1 Å². The van der Waals surface area contributed by atoms with Crippen LogP contribution in [0, 0.1) is 5.41 Å². The van der Waals surface area contributed by atoms with Crippen LogP contribution in [-0.4, -0.2) is 12.1 Å². The number of hydrogen-bond acceptors (Lipinski definition) is 2. The van der Waals surface area contributed by atoms with Gasteiger partial charge in [0.15, 0.2) is 0 Å². The highest BCUT2D eigenvalue weighted by molar-refractivity contribution is 5.75. The fraction of sp³-hybridized carbons (Fsp3) is 0.750. The van der Waals surface area contributed by atoms with E-state index in [9.17, 15) is 4.79 Å². The van der Waals surface area contributed by atoms with Gasteiger partial charge >= 0.3 is 0 Å². The van der Waals surface area contributed by atoms with E-state index in [0.29, 0.717) is 0 Å². The Morgan fingerprint density at radius 1 is 1.64 bits per heavy atom. The van der Waals surface area contributed by atoms with Gasteiger partial charge in [0.2, 0.25) is 5.91 Å². The van der Waals surface area contributed by atoms with Crippen LogP contribution in [0.1, 0.15) is 33.1 Å². The lowest BCUT2D eigenvalue weighted by atomic mass is 9.72. The lowest BCUT2D eigenvalue weighted by molar-refractivity contribution is -0.118. The van der Waals surface area contributed by atoms with Crippen molar-refractivity contribution in [1.82, 2.24) is 5.43 Å². The summed E-state index contributed by atoms with van der Waals surface area (Å²) in [6.45, 7) is 3.61. The van der Waals surface area contributed by atoms with Gasteiger partial charge in [-0.15, -0.1) is 0 Å². The molecule has 0 saturated heterocycles. The molecule has 0 bridgehead atoms. The number of amides is 1. The molecule has 0 aromatic rings. The van der Waals surface area contributed by atoms with Gasteiger partial charge in [0.05, 0.1) is 0 Å². The number of carbonyl (C=O) groups is 1. The molecule has 1 N–H and O–H groups in total. The first-order valence-corrected chi connectivity index (χ1v) is 3.93. The zero-order valence-electron chi connectivity index (χ0n) is 7.05. The minimum absolute atomic E-state index is 0.107. The number of carbonyl (C=O) groups excluding carboxylic acids is 1. The molecule has 11 heavy (non-hydrogen) atoms. The Hall–Kier alpha value is -0.860. The molecular weight excluding hydrogens is 140 g/mol. The van der Waals surface area contributed by atoms with Crippen LogP contribution in [0.2, 0.25) is 0 Å². The van der Waals surface area contributed by atoms with Gasteiger partial charge in [-0.2, -0.15) is 5.10 Å². The normalized spacial score (nSPS) is 21.3. The molecule has 0 aromatic heterocycles. The van der Waals surface area contributed by atoms with Crippen LogP contribution >= 0.6 is 0 Å². The third-order valence-electron chi connectivity index (χ3n) is 2.09. The molecule has 1 aliphatic rings. The molecule has 0 radical (unpaired) electrons. The van der Waals surface area contributed by atoms with Gasteiger partial charge < -0.3 is 0 Å². The third-order valence-corrected chi connectivity index (χ3v) is 2.09. The van der Waals surface area contributed by atoms with Crippen molar-refractivity contribution < 1.29 is 4.79 Å². The molecule has 0 aromatic carbocycles. The number of hydrogen-bond donors (Lipinski definition) is 1. The van der Waals surface area contributed by atoms with Crippen LogP contribution in [0.5, 0.6) is 0 Å². The van der Waals surface area contributed by atoms with Crippen LogP contribution in [-0.2, 0) is 4.79 Å². The maximum Gasteiger partial charge on any atom is 0.236 e. The van der Waals surface area contributed by atoms with Gasteiger partial charge in [-0.1, -0.05) is 13.3 Å². The Bertz CT molecular complexity index is 183. The maximum absolute atomic E-state index is 10.4. The fourth-order valence-corrected chi connectivity index (χ4v) is 1.14. The van der Waals surface area contributed by atoms with E-state index in [-0.39, 0.29) is 11.3 Å². The quantitative estimate of drug-likeness (QED) is 0.472. The first-order chi connectivity index (χ1) is 5.12. The Kier molecular flexibility index (Phi) is 2.27. The average molecular weight is 154 g/mol. The minimum atomic E-state index is -0.107. The Morgan fingerprint density at radius 3 is 2.64 bits per heavy atom. The molecule has 1 rings (SSSR count). The highest BCUT2D eigenvalue weighted by atomic mass is 16.2. The van der Waals surface area contributed by atoms with Crippen molar-refractivity contribution in [1.29, 1.82) is 0 Å². The summed E-state index contributed by atoms with van der Waals surface area (Å²) in [5.41, 5.74) is 2.65. The summed E-state index contributed by atoms with van der Waals surface area (Å²) >= 11 is 0. The van der Waals surface area contributed by atoms with E-state index in [1.165, 1.54) is 26.2 Å². The lowest BCUT2D eigenvalue weighted by Gasteiger charge is -2.33. The number of nitrogens with one attached hydrogen (secondary N) is 1. The molecule has 1 amide bonds. The summed E-state index contributed by atoms with van der Waals surface area (Å²) in [6.07, 6.45) is 5.51. The van der Waals surface area contributed by atoms with E-state index in [4.69, 9.17) is 0 Å². The first kappa shape index (κ1) is 8.24. The summed E-state index contributed by atoms with van der Waals surface area (Å²) in [6, 6.07) is 0. The highest BCUT2D eigenvalue weighted by Gasteiger charge is 2.29. The predicted octanol–water partition coefficient (Wildman–Crippen LogP) is 1.30. The summed E-state index contributed by atoms with van der Waals surface area (Å²) in [5.74, 6) is -0.107. The van der Waals surface area contributed by atoms with E-state index in [2.05, 4.69) is 17.5 Å². The molecule has 1 aliphatic carbocycles. The zero-order chi connectivity index (χ0) is 8.32. The van der Waals surface area contributed by atoms with Crippen LogP contribution in [0.4, 0.5) is 0 Å². The van der Waals surface area contributed by atoms with Gasteiger partial charge in [-0.3, -0.25) is 4.79 Å². The first-order valence-electron chi connectivity index (χ1n) is 3.93. The molecule has 0 aliphatic heterocycles. The summed E-state index contributed by atoms with van der Waals surface area (Å²) in [4.78, 5) is 10.4. The van der Waals surface area contributed by atoms with Gasteiger partial charge in [0.1, 0.15) is 0 Å². The second kappa shape index (κ2) is 3.03. The van der Waals surface area contributed by atoms with Crippen LogP contribution < -0.4 is 5.43 Å². The summed E-state index contributed by atoms with van der Waals surface area (Å²) in [5, 5.41) is 3.84. The molecular formula is C8H14N2O. The van der Waals surface area contributed by atoms with Crippen LogP contribution in [0.3, 0.4) is 0 Å². The van der Waals surface area contributed by atoms with Crippen molar-refractivity contribution in [3.05, 3.63) is 0 Å². The molecule has 3 heteroatoms. The largest absolute Gasteiger partial charge is 0.274 e. The van der Waals surface area contributed by atoms with Crippen molar-refractivity contribution in [2.45, 2.75) is 33.1 Å². The number of nitrogens with zero attached hydrogens (tertiary/aromatic N) is 1. The fourth-order valence-electron chi connectivity index (χ4n) is 1.14. The predicted molar refractivity (Wildman–Crippen MR) is 44.3 cm³/mol. The second-order valence-corrected chi connectivity index (χ2v) is 3.43. The van der Waals surface area contributed by atoms with Crippen molar-refractivity contribution in [3.8, 4) is 0 Å². The van der Waals surface area contributed by atoms with Crippen molar-refractivity contribution in [2.75, 3.05) is 0 Å². The van der Waals surface area contributed by atoms with Crippen molar-refractivity contribution in [2.24, 2.45) is 10.5 Å². The minimum Gasteiger partial charge on any atom is -0.274 e. The SMILES string of the molecule is CC(=O)N/N=C/C1(C)CCC1. The van der Waals surface area contributed by atoms with Gasteiger partial charge in [0, 0.05) is 18.6 Å². The molecule has 3 nitrogen and oxygen atoms in total. The maximum atomic E-state index is 10.4. The van der Waals surface area contributed by atoms with E-state index < -0.39 is 0 Å². The lowest BCUT2D eigenvalue weighted by Crippen LogP contribution is -2.28. The molecule has 0 atom stereocenters. The Morgan fingerprint density at radius 2 is 2.27 bits per heavy atom. The van der Waals surface area contributed by atoms with E-state index in [1.807, 2.05) is 6.21 Å². The van der Waals surface area contributed by atoms with Crippen LogP contribution in [0.15, 0.2) is 5.10 Å². The molecule has 1 fully saturated rings. The molecule has 0 unspecified atom stereocenters. The number of hydrazone groups is 1. The van der Waals surface area contributed by atoms with Gasteiger partial charge in [0.25, 0.3) is 0 Å². The Balaban J connectivity index is 2.28. The molecule has 0 spiro atoms. The average Bonchev–Trinajstić information content (AvgIpc) is 1.83. The Labute approximate surface area is 66.9 Å². The number of rotatable bonds is 2. The second-order valence-electron chi connectivity index (χ2n) is 3.43. The molecule has 62 valence electrons.